The molecule has 1 N–H and O–H groups in total. The van der Waals surface area contributed by atoms with Gasteiger partial charge in [0, 0.05) is 30.2 Å². The minimum absolute atomic E-state index is 0. The number of rotatable bonds is 5. The molecule has 1 aromatic heterocycles. The minimum Gasteiger partial charge on any atom is -0.339 e. The molecule has 2 aromatic rings. The molecule has 1 aliphatic heterocycles. The van der Waals surface area contributed by atoms with Crippen molar-refractivity contribution < 1.29 is 4.79 Å². The third-order valence-electron chi connectivity index (χ3n) is 5.73. The molecule has 1 aliphatic carbocycles. The number of pyridine rings is 1. The number of amides is 1. The molecule has 4 nitrogen and oxygen atoms in total. The SMILES string of the molecule is CC(C)c1cc(C(=O)N2CCC(NCC3CC3)CC2)c2ccccc2n1.Cl.Cl. The quantitative estimate of drug-likeness (QED) is 0.750. The second-order valence-corrected chi connectivity index (χ2v) is 8.18. The van der Waals surface area contributed by atoms with E-state index in [-0.39, 0.29) is 30.7 Å². The van der Waals surface area contributed by atoms with Crippen molar-refractivity contribution in [2.75, 3.05) is 19.6 Å². The standard InChI is InChI=1S/C22H29N3O.2ClH/c1-15(2)21-13-19(18-5-3-4-6-20(18)24-21)22(26)25-11-9-17(10-12-25)23-14-16-7-8-16;;/h3-6,13,15-17,23H,7-12,14H2,1-2H3;2*1H. The second-order valence-electron chi connectivity index (χ2n) is 8.18. The van der Waals surface area contributed by atoms with Crippen LogP contribution in [0.25, 0.3) is 10.9 Å². The lowest BCUT2D eigenvalue weighted by atomic mass is 9.99. The Bertz CT molecular complexity index is 799. The number of fused-ring (bicyclic) bond motifs is 1. The summed E-state index contributed by atoms with van der Waals surface area (Å²) in [5, 5.41) is 4.66. The summed E-state index contributed by atoms with van der Waals surface area (Å²) in [6, 6.07) is 10.6. The highest BCUT2D eigenvalue weighted by Gasteiger charge is 2.27. The first-order chi connectivity index (χ1) is 12.6. The fraction of sp³-hybridized carbons (Fsp3) is 0.545. The third kappa shape index (κ3) is 5.16. The van der Waals surface area contributed by atoms with Gasteiger partial charge in [0.1, 0.15) is 0 Å². The summed E-state index contributed by atoms with van der Waals surface area (Å²) >= 11 is 0. The van der Waals surface area contributed by atoms with Gasteiger partial charge < -0.3 is 10.2 Å². The predicted octanol–water partition coefficient (Wildman–Crippen LogP) is 4.81. The number of likely N-dealkylation sites (tertiary alicyclic amines) is 1. The number of hydrogen-bond acceptors (Lipinski definition) is 3. The number of carbonyl (C=O) groups is 1. The van der Waals surface area contributed by atoms with Crippen LogP contribution in [0, 0.1) is 5.92 Å². The van der Waals surface area contributed by atoms with E-state index in [1.165, 1.54) is 12.8 Å². The molecule has 4 rings (SSSR count). The van der Waals surface area contributed by atoms with Gasteiger partial charge >= 0.3 is 0 Å². The predicted molar refractivity (Wildman–Crippen MR) is 120 cm³/mol. The molecule has 28 heavy (non-hydrogen) atoms. The van der Waals surface area contributed by atoms with E-state index in [4.69, 9.17) is 4.98 Å². The summed E-state index contributed by atoms with van der Waals surface area (Å²) in [6.07, 6.45) is 4.88. The Hall–Kier alpha value is -1.36. The lowest BCUT2D eigenvalue weighted by Crippen LogP contribution is -2.45. The van der Waals surface area contributed by atoms with Gasteiger partial charge in [-0.3, -0.25) is 9.78 Å². The molecule has 2 aliphatic rings. The Morgan fingerprint density at radius 2 is 1.82 bits per heavy atom. The van der Waals surface area contributed by atoms with E-state index in [1.807, 2.05) is 35.2 Å². The molecule has 6 heteroatoms. The van der Waals surface area contributed by atoms with Crippen molar-refractivity contribution in [3.8, 4) is 0 Å². The number of nitrogens with zero attached hydrogens (tertiary/aromatic N) is 2. The molecular formula is C22H31Cl2N3O. The maximum atomic E-state index is 13.2. The summed E-state index contributed by atoms with van der Waals surface area (Å²) in [6.45, 7) is 7.10. The van der Waals surface area contributed by atoms with Crippen molar-refractivity contribution in [1.82, 2.24) is 15.2 Å². The van der Waals surface area contributed by atoms with Crippen LogP contribution in [0.2, 0.25) is 0 Å². The van der Waals surface area contributed by atoms with E-state index >= 15 is 0 Å². The Kier molecular flexibility index (Phi) is 8.11. The molecule has 1 saturated heterocycles. The molecule has 0 atom stereocenters. The normalized spacial score (nSPS) is 17.3. The molecule has 2 fully saturated rings. The zero-order valence-electron chi connectivity index (χ0n) is 16.7. The number of carbonyl (C=O) groups excluding carboxylic acids is 1. The zero-order chi connectivity index (χ0) is 18.1. The highest BCUT2D eigenvalue weighted by molar-refractivity contribution is 6.06. The van der Waals surface area contributed by atoms with Crippen LogP contribution in [0.1, 0.15) is 61.5 Å². The Morgan fingerprint density at radius 3 is 2.46 bits per heavy atom. The van der Waals surface area contributed by atoms with Gasteiger partial charge in [-0.05, 0) is 56.2 Å². The molecule has 1 aromatic carbocycles. The van der Waals surface area contributed by atoms with Crippen LogP contribution in [-0.2, 0) is 0 Å². The number of piperidine rings is 1. The van der Waals surface area contributed by atoms with Crippen LogP contribution < -0.4 is 5.32 Å². The molecule has 1 saturated carbocycles. The van der Waals surface area contributed by atoms with E-state index < -0.39 is 0 Å². The van der Waals surface area contributed by atoms with Gasteiger partial charge in [-0.1, -0.05) is 32.0 Å². The number of para-hydroxylation sites is 1. The van der Waals surface area contributed by atoms with Gasteiger partial charge in [0.2, 0.25) is 0 Å². The van der Waals surface area contributed by atoms with Crippen molar-refractivity contribution in [2.45, 2.75) is 51.5 Å². The summed E-state index contributed by atoms with van der Waals surface area (Å²) in [5.41, 5.74) is 2.72. The van der Waals surface area contributed by atoms with Crippen molar-refractivity contribution in [2.24, 2.45) is 5.92 Å². The average Bonchev–Trinajstić information content (AvgIpc) is 3.50. The van der Waals surface area contributed by atoms with E-state index in [1.54, 1.807) is 0 Å². The lowest BCUT2D eigenvalue weighted by Gasteiger charge is -2.33. The molecule has 0 spiro atoms. The smallest absolute Gasteiger partial charge is 0.254 e. The van der Waals surface area contributed by atoms with Gasteiger partial charge in [0.25, 0.3) is 5.91 Å². The van der Waals surface area contributed by atoms with E-state index in [2.05, 4.69) is 19.2 Å². The Labute approximate surface area is 180 Å². The van der Waals surface area contributed by atoms with Crippen LogP contribution in [0.15, 0.2) is 30.3 Å². The Balaban J connectivity index is 0.00000140. The van der Waals surface area contributed by atoms with Crippen LogP contribution in [0.4, 0.5) is 0 Å². The molecule has 0 bridgehead atoms. The van der Waals surface area contributed by atoms with Crippen molar-refractivity contribution >= 4 is 41.6 Å². The molecule has 0 radical (unpaired) electrons. The number of nitrogens with one attached hydrogen (secondary N) is 1. The molecule has 1 amide bonds. The largest absolute Gasteiger partial charge is 0.339 e. The topological polar surface area (TPSA) is 45.2 Å². The maximum Gasteiger partial charge on any atom is 0.254 e. The fourth-order valence-corrected chi connectivity index (χ4v) is 3.78. The number of halogens is 2. The van der Waals surface area contributed by atoms with Crippen molar-refractivity contribution in [3.63, 3.8) is 0 Å². The molecule has 154 valence electrons. The zero-order valence-corrected chi connectivity index (χ0v) is 18.3. The van der Waals surface area contributed by atoms with Crippen LogP contribution in [-0.4, -0.2) is 41.5 Å². The monoisotopic (exact) mass is 423 g/mol. The summed E-state index contributed by atoms with van der Waals surface area (Å²) in [4.78, 5) is 20.0. The van der Waals surface area contributed by atoms with Crippen LogP contribution in [0.5, 0.6) is 0 Å². The highest BCUT2D eigenvalue weighted by Crippen LogP contribution is 2.28. The fourth-order valence-electron chi connectivity index (χ4n) is 3.78. The highest BCUT2D eigenvalue weighted by atomic mass is 35.5. The number of benzene rings is 1. The van der Waals surface area contributed by atoms with E-state index in [0.717, 1.165) is 60.6 Å². The van der Waals surface area contributed by atoms with Gasteiger partial charge in [-0.25, -0.2) is 0 Å². The first-order valence-electron chi connectivity index (χ1n) is 10.0. The first kappa shape index (κ1) is 22.9. The maximum absolute atomic E-state index is 13.2. The van der Waals surface area contributed by atoms with Crippen molar-refractivity contribution in [3.05, 3.63) is 41.6 Å². The summed E-state index contributed by atoms with van der Waals surface area (Å²) in [5.74, 6) is 1.38. The average molecular weight is 424 g/mol. The van der Waals surface area contributed by atoms with Crippen LogP contribution in [0.3, 0.4) is 0 Å². The van der Waals surface area contributed by atoms with E-state index in [0.29, 0.717) is 12.0 Å². The molecule has 0 unspecified atom stereocenters. The van der Waals surface area contributed by atoms with Crippen LogP contribution >= 0.6 is 24.8 Å². The number of hydrogen-bond donors (Lipinski definition) is 1. The van der Waals surface area contributed by atoms with Gasteiger partial charge in [-0.15, -0.1) is 24.8 Å². The van der Waals surface area contributed by atoms with Gasteiger partial charge in [0.15, 0.2) is 0 Å². The molecular weight excluding hydrogens is 393 g/mol. The first-order valence-corrected chi connectivity index (χ1v) is 10.0. The second kappa shape index (κ2) is 9.91. The van der Waals surface area contributed by atoms with Crippen molar-refractivity contribution in [1.29, 1.82) is 0 Å². The third-order valence-corrected chi connectivity index (χ3v) is 5.73. The summed E-state index contributed by atoms with van der Waals surface area (Å²) in [7, 11) is 0. The lowest BCUT2D eigenvalue weighted by molar-refractivity contribution is 0.0707. The Morgan fingerprint density at radius 1 is 1.14 bits per heavy atom. The minimum atomic E-state index is 0. The molecule has 2 heterocycles. The van der Waals surface area contributed by atoms with Gasteiger partial charge in [-0.2, -0.15) is 0 Å². The van der Waals surface area contributed by atoms with E-state index in [9.17, 15) is 4.79 Å². The summed E-state index contributed by atoms with van der Waals surface area (Å²) < 4.78 is 0. The van der Waals surface area contributed by atoms with Gasteiger partial charge in [0.05, 0.1) is 11.1 Å². The number of aromatic nitrogens is 1.